The molecular formula is C21H16BrClN2O2. The van der Waals surface area contributed by atoms with Crippen LogP contribution in [0.25, 0.3) is 0 Å². The van der Waals surface area contributed by atoms with Crippen molar-refractivity contribution in [3.05, 3.63) is 99.0 Å². The second-order valence-corrected chi connectivity index (χ2v) is 6.98. The maximum Gasteiger partial charge on any atom is 0.271 e. The molecule has 4 nitrogen and oxygen atoms in total. The van der Waals surface area contributed by atoms with E-state index in [-0.39, 0.29) is 5.91 Å². The number of carbonyl (C=O) groups excluding carboxylic acids is 1. The summed E-state index contributed by atoms with van der Waals surface area (Å²) in [4.78, 5) is 12.0. The van der Waals surface area contributed by atoms with Gasteiger partial charge in [-0.25, -0.2) is 5.43 Å². The summed E-state index contributed by atoms with van der Waals surface area (Å²) in [7, 11) is 0. The predicted molar refractivity (Wildman–Crippen MR) is 111 cm³/mol. The van der Waals surface area contributed by atoms with Crippen molar-refractivity contribution in [3.8, 4) is 5.75 Å². The third kappa shape index (κ3) is 5.67. The molecule has 3 aromatic carbocycles. The number of rotatable bonds is 6. The topological polar surface area (TPSA) is 50.7 Å². The number of ether oxygens (including phenoxy) is 1. The molecule has 0 aliphatic carbocycles. The fourth-order valence-electron chi connectivity index (χ4n) is 2.29. The standard InChI is InChI=1S/C21H16BrClN2O2/c22-18-6-3-5-16(12-18)21(26)25-24-13-15-8-10-19(11-9-15)27-14-17-4-1-2-7-20(17)23/h1-13H,14H2,(H,25,26)/b24-13+. The first kappa shape index (κ1) is 19.1. The van der Waals surface area contributed by atoms with E-state index in [0.717, 1.165) is 21.3 Å². The Morgan fingerprint density at radius 3 is 2.59 bits per heavy atom. The van der Waals surface area contributed by atoms with Crippen molar-refractivity contribution in [1.82, 2.24) is 5.43 Å². The molecule has 0 unspecified atom stereocenters. The van der Waals surface area contributed by atoms with E-state index in [9.17, 15) is 4.79 Å². The zero-order chi connectivity index (χ0) is 19.1. The number of nitrogens with zero attached hydrogens (tertiary/aromatic N) is 1. The molecule has 6 heteroatoms. The summed E-state index contributed by atoms with van der Waals surface area (Å²) in [5.41, 5.74) is 4.81. The van der Waals surface area contributed by atoms with E-state index in [1.54, 1.807) is 24.4 Å². The maximum atomic E-state index is 12.0. The summed E-state index contributed by atoms with van der Waals surface area (Å²) in [6.07, 6.45) is 1.58. The number of carbonyl (C=O) groups is 1. The minimum absolute atomic E-state index is 0.271. The van der Waals surface area contributed by atoms with Gasteiger partial charge < -0.3 is 4.74 Å². The van der Waals surface area contributed by atoms with Gasteiger partial charge in [-0.1, -0.05) is 51.8 Å². The van der Waals surface area contributed by atoms with E-state index in [2.05, 4.69) is 26.5 Å². The van der Waals surface area contributed by atoms with Gasteiger partial charge >= 0.3 is 0 Å². The van der Waals surface area contributed by atoms with Crippen LogP contribution in [-0.4, -0.2) is 12.1 Å². The van der Waals surface area contributed by atoms with Crippen molar-refractivity contribution in [2.45, 2.75) is 6.61 Å². The van der Waals surface area contributed by atoms with Crippen LogP contribution in [0.1, 0.15) is 21.5 Å². The van der Waals surface area contributed by atoms with Crippen molar-refractivity contribution < 1.29 is 9.53 Å². The Morgan fingerprint density at radius 2 is 1.85 bits per heavy atom. The molecule has 27 heavy (non-hydrogen) atoms. The van der Waals surface area contributed by atoms with Gasteiger partial charge in [0.1, 0.15) is 12.4 Å². The summed E-state index contributed by atoms with van der Waals surface area (Å²) < 4.78 is 6.58. The fraction of sp³-hybridized carbons (Fsp3) is 0.0476. The van der Waals surface area contributed by atoms with Crippen LogP contribution >= 0.6 is 27.5 Å². The molecule has 0 atom stereocenters. The van der Waals surface area contributed by atoms with Crippen LogP contribution in [0.3, 0.4) is 0 Å². The van der Waals surface area contributed by atoms with Gasteiger partial charge in [0.2, 0.25) is 0 Å². The SMILES string of the molecule is O=C(N/N=C/c1ccc(OCc2ccccc2Cl)cc1)c1cccc(Br)c1. The Balaban J connectivity index is 1.53. The highest BCUT2D eigenvalue weighted by molar-refractivity contribution is 9.10. The van der Waals surface area contributed by atoms with E-state index in [0.29, 0.717) is 17.2 Å². The fourth-order valence-corrected chi connectivity index (χ4v) is 2.88. The quantitative estimate of drug-likeness (QED) is 0.407. The Bertz CT molecular complexity index is 958. The number of hydrazone groups is 1. The molecule has 0 radical (unpaired) electrons. The van der Waals surface area contributed by atoms with Gasteiger partial charge in [0.15, 0.2) is 0 Å². The highest BCUT2D eigenvalue weighted by Crippen LogP contribution is 2.18. The zero-order valence-electron chi connectivity index (χ0n) is 14.2. The Kier molecular flexibility index (Phi) is 6.63. The second kappa shape index (κ2) is 9.35. The molecule has 0 saturated heterocycles. The normalized spacial score (nSPS) is 10.7. The summed E-state index contributed by atoms with van der Waals surface area (Å²) in [6, 6.07) is 22.1. The highest BCUT2D eigenvalue weighted by Gasteiger charge is 2.04. The summed E-state index contributed by atoms with van der Waals surface area (Å²) in [5, 5.41) is 4.67. The molecule has 1 amide bonds. The average Bonchev–Trinajstić information content (AvgIpc) is 2.68. The van der Waals surface area contributed by atoms with Crippen molar-refractivity contribution >= 4 is 39.7 Å². The van der Waals surface area contributed by atoms with Crippen LogP contribution in [0.15, 0.2) is 82.4 Å². The first-order valence-electron chi connectivity index (χ1n) is 8.17. The first-order chi connectivity index (χ1) is 13.1. The number of hydrogen-bond acceptors (Lipinski definition) is 3. The highest BCUT2D eigenvalue weighted by atomic mass is 79.9. The lowest BCUT2D eigenvalue weighted by molar-refractivity contribution is 0.0955. The number of nitrogens with one attached hydrogen (secondary N) is 1. The van der Waals surface area contributed by atoms with Crippen LogP contribution < -0.4 is 10.2 Å². The smallest absolute Gasteiger partial charge is 0.271 e. The monoisotopic (exact) mass is 442 g/mol. The third-order valence-electron chi connectivity index (χ3n) is 3.70. The zero-order valence-corrected chi connectivity index (χ0v) is 16.6. The van der Waals surface area contributed by atoms with Crippen molar-refractivity contribution in [1.29, 1.82) is 0 Å². The first-order valence-corrected chi connectivity index (χ1v) is 9.34. The van der Waals surface area contributed by atoms with Gasteiger partial charge in [0.25, 0.3) is 5.91 Å². The van der Waals surface area contributed by atoms with Crippen molar-refractivity contribution in [2.24, 2.45) is 5.10 Å². The molecular weight excluding hydrogens is 428 g/mol. The minimum atomic E-state index is -0.271. The minimum Gasteiger partial charge on any atom is -0.489 e. The number of amides is 1. The second-order valence-electron chi connectivity index (χ2n) is 5.66. The Hall–Kier alpha value is -2.63. The average molecular weight is 444 g/mol. The van der Waals surface area contributed by atoms with Crippen molar-refractivity contribution in [2.75, 3.05) is 0 Å². The third-order valence-corrected chi connectivity index (χ3v) is 4.56. The predicted octanol–water partition coefficient (Wildman–Crippen LogP) is 5.45. The van der Waals surface area contributed by atoms with Gasteiger partial charge in [-0.15, -0.1) is 0 Å². The number of hydrogen-bond donors (Lipinski definition) is 1. The molecule has 3 rings (SSSR count). The summed E-state index contributed by atoms with van der Waals surface area (Å²) in [5.74, 6) is 0.456. The molecule has 136 valence electrons. The van der Waals surface area contributed by atoms with Gasteiger partial charge in [-0.3, -0.25) is 4.79 Å². The lowest BCUT2D eigenvalue weighted by Gasteiger charge is -2.07. The molecule has 0 saturated carbocycles. The number of benzene rings is 3. The van der Waals surface area contributed by atoms with E-state index >= 15 is 0 Å². The van der Waals surface area contributed by atoms with E-state index in [4.69, 9.17) is 16.3 Å². The molecule has 3 aromatic rings. The van der Waals surface area contributed by atoms with Gasteiger partial charge in [0.05, 0.1) is 6.21 Å². The van der Waals surface area contributed by atoms with Gasteiger partial charge in [-0.05, 0) is 54.1 Å². The molecule has 0 spiro atoms. The Labute approximate surface area is 171 Å². The van der Waals surface area contributed by atoms with E-state index < -0.39 is 0 Å². The molecule has 0 aliphatic rings. The lowest BCUT2D eigenvalue weighted by atomic mass is 10.2. The summed E-state index contributed by atoms with van der Waals surface area (Å²) in [6.45, 7) is 0.399. The van der Waals surface area contributed by atoms with Gasteiger partial charge in [-0.2, -0.15) is 5.10 Å². The van der Waals surface area contributed by atoms with E-state index in [1.165, 1.54) is 0 Å². The van der Waals surface area contributed by atoms with Crippen molar-refractivity contribution in [3.63, 3.8) is 0 Å². The lowest BCUT2D eigenvalue weighted by Crippen LogP contribution is -2.17. The van der Waals surface area contributed by atoms with Crippen LogP contribution in [0.2, 0.25) is 5.02 Å². The number of halogens is 2. The molecule has 0 heterocycles. The van der Waals surface area contributed by atoms with E-state index in [1.807, 2.05) is 54.6 Å². The van der Waals surface area contributed by atoms with Gasteiger partial charge in [0, 0.05) is 20.6 Å². The maximum absolute atomic E-state index is 12.0. The van der Waals surface area contributed by atoms with Crippen LogP contribution in [0.5, 0.6) is 5.75 Å². The molecule has 1 N–H and O–H groups in total. The molecule has 0 aliphatic heterocycles. The molecule has 0 fully saturated rings. The largest absolute Gasteiger partial charge is 0.489 e. The van der Waals surface area contributed by atoms with Crippen LogP contribution in [0.4, 0.5) is 0 Å². The Morgan fingerprint density at radius 1 is 1.07 bits per heavy atom. The van der Waals surface area contributed by atoms with Crippen LogP contribution in [0, 0.1) is 0 Å². The van der Waals surface area contributed by atoms with Crippen LogP contribution in [-0.2, 0) is 6.61 Å². The molecule has 0 aromatic heterocycles. The molecule has 0 bridgehead atoms. The summed E-state index contributed by atoms with van der Waals surface area (Å²) >= 11 is 9.45.